The summed E-state index contributed by atoms with van der Waals surface area (Å²) in [4.78, 5) is 0. The Morgan fingerprint density at radius 2 is 1.63 bits per heavy atom. The Kier molecular flexibility index (Phi) is 7.10. The van der Waals surface area contributed by atoms with Crippen molar-refractivity contribution in [1.29, 1.82) is 0 Å². The maximum atomic E-state index is 12.3. The number of methoxy groups -OCH3 is 1. The molecule has 5 nitrogen and oxygen atoms in total. The zero-order valence-corrected chi connectivity index (χ0v) is 12.5. The van der Waals surface area contributed by atoms with Gasteiger partial charge in [0.05, 0.1) is 19.4 Å². The van der Waals surface area contributed by atoms with Crippen molar-refractivity contribution in [2.45, 2.75) is 20.0 Å². The van der Waals surface area contributed by atoms with Gasteiger partial charge in [-0.25, -0.2) is 0 Å². The van der Waals surface area contributed by atoms with Crippen molar-refractivity contribution in [3.8, 4) is 5.75 Å². The molecule has 0 aliphatic heterocycles. The minimum absolute atomic E-state index is 0.204. The third-order valence-corrected chi connectivity index (χ3v) is 4.35. The maximum Gasteiger partial charge on any atom is 0.335 e. The molecule has 108 valence electrons. The molecule has 0 aliphatic carbocycles. The van der Waals surface area contributed by atoms with Crippen molar-refractivity contribution < 1.29 is 23.1 Å². The summed E-state index contributed by atoms with van der Waals surface area (Å²) in [6.07, 6.45) is 0.263. The van der Waals surface area contributed by atoms with Crippen LogP contribution in [0.15, 0.2) is 24.3 Å². The van der Waals surface area contributed by atoms with Crippen molar-refractivity contribution in [3.05, 3.63) is 29.8 Å². The number of benzene rings is 1. The standard InChI is InChI=1S/C13H21O5P/c1-4-17-19(14,18-5-2)10-12-6-8-13(9-7-12)16-11-15-3/h6-9H,4-5,10-11H2,1-3H3. The average Bonchev–Trinajstić information content (AvgIpc) is 2.38. The van der Waals surface area contributed by atoms with E-state index in [1.807, 2.05) is 12.1 Å². The zero-order valence-electron chi connectivity index (χ0n) is 11.6. The lowest BCUT2D eigenvalue weighted by atomic mass is 10.2. The highest BCUT2D eigenvalue weighted by Gasteiger charge is 2.23. The fraction of sp³-hybridized carbons (Fsp3) is 0.538. The summed E-state index contributed by atoms with van der Waals surface area (Å²) in [5.74, 6) is 0.702. The Labute approximate surface area is 114 Å². The summed E-state index contributed by atoms with van der Waals surface area (Å²) >= 11 is 0. The SMILES string of the molecule is CCOP(=O)(Cc1ccc(OCOC)cc1)OCC. The highest BCUT2D eigenvalue weighted by atomic mass is 31.2. The lowest BCUT2D eigenvalue weighted by Gasteiger charge is -2.17. The average molecular weight is 288 g/mol. The number of rotatable bonds is 9. The molecule has 0 heterocycles. The molecule has 0 bridgehead atoms. The van der Waals surface area contributed by atoms with Crippen LogP contribution in [0.25, 0.3) is 0 Å². The molecule has 0 saturated heterocycles. The van der Waals surface area contributed by atoms with Gasteiger partial charge in [0.1, 0.15) is 5.75 Å². The topological polar surface area (TPSA) is 54.0 Å². The van der Waals surface area contributed by atoms with Gasteiger partial charge in [0.25, 0.3) is 0 Å². The van der Waals surface area contributed by atoms with Crippen LogP contribution in [0.2, 0.25) is 0 Å². The monoisotopic (exact) mass is 288 g/mol. The van der Waals surface area contributed by atoms with Crippen LogP contribution in [0.1, 0.15) is 19.4 Å². The minimum Gasteiger partial charge on any atom is -0.468 e. The van der Waals surface area contributed by atoms with E-state index in [4.69, 9.17) is 18.5 Å². The Bertz CT molecular complexity index is 394. The molecule has 1 rings (SSSR count). The van der Waals surface area contributed by atoms with Crippen molar-refractivity contribution in [2.24, 2.45) is 0 Å². The summed E-state index contributed by atoms with van der Waals surface area (Å²) in [6, 6.07) is 7.29. The predicted molar refractivity (Wildman–Crippen MR) is 73.5 cm³/mol. The van der Waals surface area contributed by atoms with Gasteiger partial charge in [0.15, 0.2) is 6.79 Å². The largest absolute Gasteiger partial charge is 0.468 e. The molecule has 6 heteroatoms. The van der Waals surface area contributed by atoms with Crippen molar-refractivity contribution >= 4 is 7.60 Å². The highest BCUT2D eigenvalue weighted by molar-refractivity contribution is 7.53. The summed E-state index contributed by atoms with van der Waals surface area (Å²) in [5.41, 5.74) is 0.884. The fourth-order valence-electron chi connectivity index (χ4n) is 1.56. The van der Waals surface area contributed by atoms with Crippen LogP contribution in [0.5, 0.6) is 5.75 Å². The van der Waals surface area contributed by atoms with Crippen molar-refractivity contribution in [1.82, 2.24) is 0 Å². The van der Waals surface area contributed by atoms with E-state index in [1.165, 1.54) is 0 Å². The van der Waals surface area contributed by atoms with Gasteiger partial charge in [-0.2, -0.15) is 0 Å². The van der Waals surface area contributed by atoms with Crippen LogP contribution in [-0.2, 0) is 24.5 Å². The van der Waals surface area contributed by atoms with E-state index in [2.05, 4.69) is 0 Å². The van der Waals surface area contributed by atoms with Gasteiger partial charge in [-0.3, -0.25) is 4.57 Å². The summed E-state index contributed by atoms with van der Waals surface area (Å²) < 4.78 is 32.9. The number of hydrogen-bond acceptors (Lipinski definition) is 5. The molecule has 0 aliphatic rings. The first-order valence-electron chi connectivity index (χ1n) is 6.22. The molecule has 0 N–H and O–H groups in total. The lowest BCUT2D eigenvalue weighted by Crippen LogP contribution is -2.00. The molecule has 0 unspecified atom stereocenters. The molecule has 0 aromatic heterocycles. The Balaban J connectivity index is 2.66. The third-order valence-electron chi connectivity index (χ3n) is 2.29. The van der Waals surface area contributed by atoms with Crippen LogP contribution in [-0.4, -0.2) is 27.1 Å². The quantitative estimate of drug-likeness (QED) is 0.514. The third kappa shape index (κ3) is 5.74. The molecule has 0 saturated carbocycles. The molecule has 19 heavy (non-hydrogen) atoms. The first kappa shape index (κ1) is 16.2. The van der Waals surface area contributed by atoms with Gasteiger partial charge in [-0.05, 0) is 31.5 Å². The van der Waals surface area contributed by atoms with Gasteiger partial charge < -0.3 is 18.5 Å². The molecular weight excluding hydrogens is 267 g/mol. The first-order chi connectivity index (χ1) is 9.13. The van der Waals surface area contributed by atoms with Gasteiger partial charge in [0.2, 0.25) is 0 Å². The zero-order chi connectivity index (χ0) is 14.1. The minimum atomic E-state index is -3.04. The maximum absolute atomic E-state index is 12.3. The van der Waals surface area contributed by atoms with E-state index >= 15 is 0 Å². The first-order valence-corrected chi connectivity index (χ1v) is 7.95. The van der Waals surface area contributed by atoms with E-state index < -0.39 is 7.60 Å². The smallest absolute Gasteiger partial charge is 0.335 e. The second kappa shape index (κ2) is 8.33. The molecular formula is C13H21O5P. The Morgan fingerprint density at radius 1 is 1.05 bits per heavy atom. The van der Waals surface area contributed by atoms with Gasteiger partial charge in [0, 0.05) is 7.11 Å². The van der Waals surface area contributed by atoms with Crippen LogP contribution < -0.4 is 4.74 Å². The summed E-state index contributed by atoms with van der Waals surface area (Å²) in [6.45, 7) is 4.54. The molecule has 0 fully saturated rings. The normalized spacial score (nSPS) is 11.5. The summed E-state index contributed by atoms with van der Waals surface area (Å²) in [7, 11) is -1.48. The number of ether oxygens (including phenoxy) is 2. The van der Waals surface area contributed by atoms with E-state index in [-0.39, 0.29) is 13.0 Å². The molecule has 0 radical (unpaired) electrons. The molecule has 0 amide bonds. The van der Waals surface area contributed by atoms with Crippen LogP contribution in [0.4, 0.5) is 0 Å². The molecule has 1 aromatic carbocycles. The van der Waals surface area contributed by atoms with Crippen LogP contribution in [0, 0.1) is 0 Å². The summed E-state index contributed by atoms with van der Waals surface area (Å²) in [5, 5.41) is 0. The highest BCUT2D eigenvalue weighted by Crippen LogP contribution is 2.51. The fourth-order valence-corrected chi connectivity index (χ4v) is 3.27. The lowest BCUT2D eigenvalue weighted by molar-refractivity contribution is 0.0511. The second-order valence-electron chi connectivity index (χ2n) is 3.80. The molecule has 0 atom stereocenters. The number of hydrogen-bond donors (Lipinski definition) is 0. The van der Waals surface area contributed by atoms with Gasteiger partial charge in [-0.1, -0.05) is 12.1 Å². The van der Waals surface area contributed by atoms with Crippen LogP contribution >= 0.6 is 7.60 Å². The predicted octanol–water partition coefficient (Wildman–Crippen LogP) is 3.44. The van der Waals surface area contributed by atoms with Gasteiger partial charge >= 0.3 is 7.60 Å². The van der Waals surface area contributed by atoms with Crippen molar-refractivity contribution in [3.63, 3.8) is 0 Å². The Hall–Kier alpha value is -0.870. The molecule has 0 spiro atoms. The van der Waals surface area contributed by atoms with E-state index in [1.54, 1.807) is 33.1 Å². The van der Waals surface area contributed by atoms with Crippen molar-refractivity contribution in [2.75, 3.05) is 27.1 Å². The molecule has 1 aromatic rings. The second-order valence-corrected chi connectivity index (χ2v) is 5.85. The van der Waals surface area contributed by atoms with Crippen LogP contribution in [0.3, 0.4) is 0 Å². The Morgan fingerprint density at radius 3 is 2.11 bits per heavy atom. The van der Waals surface area contributed by atoms with E-state index in [0.29, 0.717) is 19.0 Å². The van der Waals surface area contributed by atoms with Gasteiger partial charge in [-0.15, -0.1) is 0 Å². The van der Waals surface area contributed by atoms with E-state index in [9.17, 15) is 4.57 Å². The van der Waals surface area contributed by atoms with E-state index in [0.717, 1.165) is 5.56 Å².